The zero-order chi connectivity index (χ0) is 17.1. The molecule has 2 aromatic rings. The van der Waals surface area contributed by atoms with Gasteiger partial charge in [-0.2, -0.15) is 0 Å². The second kappa shape index (κ2) is 7.30. The minimum atomic E-state index is -0.474. The van der Waals surface area contributed by atoms with Gasteiger partial charge in [0, 0.05) is 28.9 Å². The number of hydrogen-bond acceptors (Lipinski definition) is 2. The van der Waals surface area contributed by atoms with Crippen LogP contribution in [0.3, 0.4) is 0 Å². The van der Waals surface area contributed by atoms with Crippen molar-refractivity contribution in [1.82, 2.24) is 10.6 Å². The van der Waals surface area contributed by atoms with Crippen LogP contribution in [-0.2, 0) is 0 Å². The molecule has 1 aromatic carbocycles. The number of nitrogens with zero attached hydrogens (tertiary/aromatic N) is 1. The molecule has 1 saturated carbocycles. The van der Waals surface area contributed by atoms with Crippen molar-refractivity contribution in [3.63, 3.8) is 0 Å². The van der Waals surface area contributed by atoms with Gasteiger partial charge in [-0.05, 0) is 43.8 Å². The van der Waals surface area contributed by atoms with Crippen LogP contribution in [0, 0.1) is 11.6 Å². The SMILES string of the molecule is CCN=C(NC(C)c1cccs1)NC1CC1c1c(F)cccc1F. The van der Waals surface area contributed by atoms with Crippen LogP contribution < -0.4 is 10.6 Å². The lowest BCUT2D eigenvalue weighted by molar-refractivity contribution is 0.553. The van der Waals surface area contributed by atoms with Gasteiger partial charge in [-0.25, -0.2) is 8.78 Å². The first kappa shape index (κ1) is 16.9. The van der Waals surface area contributed by atoms with E-state index in [1.165, 1.54) is 23.1 Å². The predicted molar refractivity (Wildman–Crippen MR) is 94.5 cm³/mol. The fourth-order valence-corrected chi connectivity index (χ4v) is 3.55. The Bertz CT molecular complexity index is 695. The van der Waals surface area contributed by atoms with E-state index in [-0.39, 0.29) is 23.6 Å². The maximum Gasteiger partial charge on any atom is 0.191 e. The van der Waals surface area contributed by atoms with Crippen molar-refractivity contribution in [2.24, 2.45) is 4.99 Å². The van der Waals surface area contributed by atoms with Crippen LogP contribution in [-0.4, -0.2) is 18.5 Å². The monoisotopic (exact) mass is 349 g/mol. The fraction of sp³-hybridized carbons (Fsp3) is 0.389. The molecule has 3 nitrogen and oxygen atoms in total. The molecule has 2 N–H and O–H groups in total. The van der Waals surface area contributed by atoms with Crippen molar-refractivity contribution in [2.75, 3.05) is 6.54 Å². The molecule has 0 spiro atoms. The lowest BCUT2D eigenvalue weighted by Crippen LogP contribution is -2.40. The van der Waals surface area contributed by atoms with E-state index in [4.69, 9.17) is 0 Å². The minimum Gasteiger partial charge on any atom is -0.353 e. The summed E-state index contributed by atoms with van der Waals surface area (Å²) in [5, 5.41) is 8.69. The molecule has 128 valence electrons. The van der Waals surface area contributed by atoms with Crippen molar-refractivity contribution in [2.45, 2.75) is 38.3 Å². The van der Waals surface area contributed by atoms with Crippen LogP contribution in [0.1, 0.15) is 42.7 Å². The number of guanidine groups is 1. The van der Waals surface area contributed by atoms with E-state index < -0.39 is 11.6 Å². The van der Waals surface area contributed by atoms with Gasteiger partial charge in [0.25, 0.3) is 0 Å². The highest BCUT2D eigenvalue weighted by molar-refractivity contribution is 7.10. The molecule has 1 aliphatic carbocycles. The number of benzene rings is 1. The van der Waals surface area contributed by atoms with Crippen LogP contribution in [0.4, 0.5) is 8.78 Å². The van der Waals surface area contributed by atoms with Crippen molar-refractivity contribution >= 4 is 17.3 Å². The molecule has 1 heterocycles. The van der Waals surface area contributed by atoms with E-state index in [2.05, 4.69) is 28.6 Å². The zero-order valence-electron chi connectivity index (χ0n) is 13.7. The Balaban J connectivity index is 1.65. The molecule has 6 heteroatoms. The number of nitrogens with one attached hydrogen (secondary N) is 2. The second-order valence-corrected chi connectivity index (χ2v) is 6.91. The van der Waals surface area contributed by atoms with Crippen LogP contribution in [0.2, 0.25) is 0 Å². The molecular formula is C18H21F2N3S. The third-order valence-electron chi connectivity index (χ3n) is 4.12. The molecule has 1 aliphatic rings. The number of halogens is 2. The van der Waals surface area contributed by atoms with Gasteiger partial charge in [-0.1, -0.05) is 12.1 Å². The number of rotatable bonds is 5. The minimum absolute atomic E-state index is 0.00438. The Morgan fingerprint density at radius 3 is 2.67 bits per heavy atom. The molecule has 1 fully saturated rings. The zero-order valence-corrected chi connectivity index (χ0v) is 14.5. The molecule has 1 aromatic heterocycles. The number of thiophene rings is 1. The summed E-state index contributed by atoms with van der Waals surface area (Å²) in [6, 6.07) is 8.24. The Kier molecular flexibility index (Phi) is 5.14. The van der Waals surface area contributed by atoms with Gasteiger partial charge in [-0.3, -0.25) is 4.99 Å². The van der Waals surface area contributed by atoms with E-state index in [0.717, 1.165) is 0 Å². The van der Waals surface area contributed by atoms with Gasteiger partial charge in [0.1, 0.15) is 11.6 Å². The number of hydrogen-bond donors (Lipinski definition) is 2. The van der Waals surface area contributed by atoms with E-state index in [9.17, 15) is 8.78 Å². The van der Waals surface area contributed by atoms with Crippen molar-refractivity contribution in [1.29, 1.82) is 0 Å². The molecule has 0 amide bonds. The first-order valence-electron chi connectivity index (χ1n) is 8.15. The lowest BCUT2D eigenvalue weighted by Gasteiger charge is -2.17. The fourth-order valence-electron chi connectivity index (χ4n) is 2.82. The normalized spacial score (nSPS) is 21.4. The average Bonchev–Trinajstić information content (AvgIpc) is 3.07. The van der Waals surface area contributed by atoms with Crippen molar-refractivity contribution in [3.05, 3.63) is 57.8 Å². The van der Waals surface area contributed by atoms with Gasteiger partial charge in [-0.15, -0.1) is 11.3 Å². The van der Waals surface area contributed by atoms with E-state index in [1.807, 2.05) is 18.4 Å². The van der Waals surface area contributed by atoms with Gasteiger partial charge in [0.05, 0.1) is 6.04 Å². The summed E-state index contributed by atoms with van der Waals surface area (Å²) in [5.74, 6) is -0.411. The highest BCUT2D eigenvalue weighted by Crippen LogP contribution is 2.43. The van der Waals surface area contributed by atoms with E-state index in [1.54, 1.807) is 11.3 Å². The summed E-state index contributed by atoms with van der Waals surface area (Å²) < 4.78 is 27.8. The smallest absolute Gasteiger partial charge is 0.191 e. The molecule has 0 radical (unpaired) electrons. The standard InChI is InChI=1S/C18H21F2N3S/c1-3-21-18(22-11(2)16-8-5-9-24-16)23-15-10-12(15)17-13(19)6-4-7-14(17)20/h4-9,11-12,15H,3,10H2,1-2H3,(H2,21,22,23). The molecular weight excluding hydrogens is 328 g/mol. The molecule has 3 atom stereocenters. The second-order valence-electron chi connectivity index (χ2n) is 5.93. The molecule has 0 bridgehead atoms. The maximum absolute atomic E-state index is 13.9. The predicted octanol–water partition coefficient (Wildman–Crippen LogP) is 4.20. The topological polar surface area (TPSA) is 36.4 Å². The van der Waals surface area contributed by atoms with Crippen molar-refractivity contribution in [3.8, 4) is 0 Å². The van der Waals surface area contributed by atoms with Crippen LogP contribution in [0.15, 0.2) is 40.7 Å². The third-order valence-corrected chi connectivity index (χ3v) is 5.18. The lowest BCUT2D eigenvalue weighted by atomic mass is 10.1. The summed E-state index contributed by atoms with van der Waals surface area (Å²) in [7, 11) is 0. The van der Waals surface area contributed by atoms with Crippen molar-refractivity contribution < 1.29 is 8.78 Å². The molecule has 0 aliphatic heterocycles. The Morgan fingerprint density at radius 2 is 2.04 bits per heavy atom. The molecule has 0 saturated heterocycles. The Morgan fingerprint density at radius 1 is 1.29 bits per heavy atom. The highest BCUT2D eigenvalue weighted by Gasteiger charge is 2.42. The van der Waals surface area contributed by atoms with Gasteiger partial charge in [0.15, 0.2) is 5.96 Å². The van der Waals surface area contributed by atoms with E-state index in [0.29, 0.717) is 18.9 Å². The number of aliphatic imine (C=N–C) groups is 1. The first-order chi connectivity index (χ1) is 11.6. The maximum atomic E-state index is 13.9. The summed E-state index contributed by atoms with van der Waals surface area (Å²) in [4.78, 5) is 5.65. The van der Waals surface area contributed by atoms with Gasteiger partial charge in [0.2, 0.25) is 0 Å². The molecule has 3 unspecified atom stereocenters. The van der Waals surface area contributed by atoms with Gasteiger partial charge >= 0.3 is 0 Å². The highest BCUT2D eigenvalue weighted by atomic mass is 32.1. The summed E-state index contributed by atoms with van der Waals surface area (Å²) in [6.45, 7) is 4.66. The van der Waals surface area contributed by atoms with Crippen LogP contribution in [0.5, 0.6) is 0 Å². The van der Waals surface area contributed by atoms with Crippen LogP contribution in [0.25, 0.3) is 0 Å². The quantitative estimate of drug-likeness (QED) is 0.627. The Hall–Kier alpha value is -1.95. The Labute approximate surface area is 144 Å². The molecule has 3 rings (SSSR count). The summed E-state index contributed by atoms with van der Waals surface area (Å²) in [5.41, 5.74) is 0.178. The molecule has 24 heavy (non-hydrogen) atoms. The third kappa shape index (κ3) is 3.75. The van der Waals surface area contributed by atoms with E-state index >= 15 is 0 Å². The summed E-state index contributed by atoms with van der Waals surface area (Å²) >= 11 is 1.68. The first-order valence-corrected chi connectivity index (χ1v) is 9.03. The average molecular weight is 349 g/mol. The van der Waals surface area contributed by atoms with Gasteiger partial charge < -0.3 is 10.6 Å². The summed E-state index contributed by atoms with van der Waals surface area (Å²) in [6.07, 6.45) is 0.704. The van der Waals surface area contributed by atoms with Crippen LogP contribution >= 0.6 is 11.3 Å². The largest absolute Gasteiger partial charge is 0.353 e.